The number of anilines is 1. The molecule has 132 valence electrons. The number of para-hydroxylation sites is 1. The van der Waals surface area contributed by atoms with Crippen LogP contribution in [0.3, 0.4) is 0 Å². The van der Waals surface area contributed by atoms with Crippen LogP contribution in [-0.4, -0.2) is 6.54 Å². The molecule has 0 bridgehead atoms. The fourth-order valence-corrected chi connectivity index (χ4v) is 4.74. The number of hydrogen-bond acceptors (Lipinski definition) is 2. The van der Waals surface area contributed by atoms with Crippen LogP contribution in [0.15, 0.2) is 52.9 Å². The van der Waals surface area contributed by atoms with Crippen molar-refractivity contribution in [3.05, 3.63) is 76.5 Å². The standard InChI is InChI=1S/C24H25NO/c1-16-10-12-18(13-11-16)24-23-20(17(2)26-24)15-19-7-3-4-8-21(19)25-14-6-5-9-22(23)25/h3-4,7-8,10-13,22H,5-6,9,14-15H2,1-2H3. The molecule has 2 aliphatic heterocycles. The second-order valence-electron chi connectivity index (χ2n) is 7.76. The molecular formula is C24H25NO. The molecular weight excluding hydrogens is 318 g/mol. The normalized spacial score (nSPS) is 18.7. The average Bonchev–Trinajstić information content (AvgIpc) is 2.91. The van der Waals surface area contributed by atoms with Crippen LogP contribution in [0.4, 0.5) is 5.69 Å². The average molecular weight is 343 g/mol. The minimum Gasteiger partial charge on any atom is -0.461 e. The summed E-state index contributed by atoms with van der Waals surface area (Å²) in [5.41, 5.74) is 8.18. The highest BCUT2D eigenvalue weighted by molar-refractivity contribution is 5.70. The lowest BCUT2D eigenvalue weighted by Gasteiger charge is -2.37. The number of benzene rings is 2. The number of aryl methyl sites for hydroxylation is 2. The molecule has 1 atom stereocenters. The Hall–Kier alpha value is -2.48. The van der Waals surface area contributed by atoms with Gasteiger partial charge in [-0.05, 0) is 44.7 Å². The third kappa shape index (κ3) is 2.39. The highest BCUT2D eigenvalue weighted by atomic mass is 16.3. The SMILES string of the molecule is Cc1ccc(-c2oc(C)c3c2C2CCCCN2c2ccccc2C3)cc1. The topological polar surface area (TPSA) is 16.4 Å². The van der Waals surface area contributed by atoms with Crippen molar-refractivity contribution in [1.29, 1.82) is 0 Å². The molecule has 0 N–H and O–H groups in total. The predicted molar refractivity (Wildman–Crippen MR) is 107 cm³/mol. The second-order valence-corrected chi connectivity index (χ2v) is 7.76. The molecule has 0 aliphatic carbocycles. The minimum absolute atomic E-state index is 0.427. The van der Waals surface area contributed by atoms with Gasteiger partial charge in [-0.15, -0.1) is 0 Å². The Morgan fingerprint density at radius 3 is 2.62 bits per heavy atom. The summed E-state index contributed by atoms with van der Waals surface area (Å²) in [6.45, 7) is 5.41. The minimum atomic E-state index is 0.427. The number of nitrogens with zero attached hydrogens (tertiary/aromatic N) is 1. The number of rotatable bonds is 1. The van der Waals surface area contributed by atoms with Gasteiger partial charge in [0.2, 0.25) is 0 Å². The molecule has 0 amide bonds. The van der Waals surface area contributed by atoms with E-state index in [1.54, 1.807) is 0 Å². The Labute approximate surface area is 155 Å². The first kappa shape index (κ1) is 15.7. The van der Waals surface area contributed by atoms with Crippen LogP contribution in [0, 0.1) is 13.8 Å². The number of piperidine rings is 1. The molecule has 3 aromatic rings. The van der Waals surface area contributed by atoms with Gasteiger partial charge in [0, 0.05) is 35.3 Å². The summed E-state index contributed by atoms with van der Waals surface area (Å²) >= 11 is 0. The maximum Gasteiger partial charge on any atom is 0.139 e. The lowest BCUT2D eigenvalue weighted by Crippen LogP contribution is -2.33. The van der Waals surface area contributed by atoms with Gasteiger partial charge >= 0.3 is 0 Å². The van der Waals surface area contributed by atoms with Gasteiger partial charge in [0.25, 0.3) is 0 Å². The van der Waals surface area contributed by atoms with E-state index in [9.17, 15) is 0 Å². The third-order valence-electron chi connectivity index (χ3n) is 6.07. The number of hydrogen-bond donors (Lipinski definition) is 0. The van der Waals surface area contributed by atoms with Crippen molar-refractivity contribution in [2.24, 2.45) is 0 Å². The summed E-state index contributed by atoms with van der Waals surface area (Å²) in [7, 11) is 0. The highest BCUT2D eigenvalue weighted by Crippen LogP contribution is 2.47. The van der Waals surface area contributed by atoms with Gasteiger partial charge in [0.1, 0.15) is 11.5 Å². The zero-order chi connectivity index (χ0) is 17.7. The molecule has 0 spiro atoms. The quantitative estimate of drug-likeness (QED) is 0.523. The third-order valence-corrected chi connectivity index (χ3v) is 6.07. The maximum absolute atomic E-state index is 6.39. The Balaban J connectivity index is 1.73. The van der Waals surface area contributed by atoms with Gasteiger partial charge in [-0.2, -0.15) is 0 Å². The van der Waals surface area contributed by atoms with E-state index in [4.69, 9.17) is 4.42 Å². The Morgan fingerprint density at radius 1 is 0.962 bits per heavy atom. The van der Waals surface area contributed by atoms with E-state index in [-0.39, 0.29) is 0 Å². The summed E-state index contributed by atoms with van der Waals surface area (Å²) in [6.07, 6.45) is 4.75. The fraction of sp³-hybridized carbons (Fsp3) is 0.333. The van der Waals surface area contributed by atoms with Crippen LogP contribution in [0.25, 0.3) is 11.3 Å². The van der Waals surface area contributed by atoms with E-state index in [2.05, 4.69) is 67.3 Å². The van der Waals surface area contributed by atoms with Gasteiger partial charge < -0.3 is 9.32 Å². The van der Waals surface area contributed by atoms with Crippen molar-refractivity contribution in [2.45, 2.75) is 45.6 Å². The molecule has 1 unspecified atom stereocenters. The van der Waals surface area contributed by atoms with Gasteiger partial charge in [0.15, 0.2) is 0 Å². The Bertz CT molecular complexity index is 951. The lowest BCUT2D eigenvalue weighted by atomic mass is 9.90. The number of fused-ring (bicyclic) bond motifs is 5. The first-order valence-electron chi connectivity index (χ1n) is 9.76. The molecule has 0 saturated carbocycles. The van der Waals surface area contributed by atoms with E-state index in [0.717, 1.165) is 24.5 Å². The van der Waals surface area contributed by atoms with Crippen molar-refractivity contribution in [3.8, 4) is 11.3 Å². The smallest absolute Gasteiger partial charge is 0.139 e. The largest absolute Gasteiger partial charge is 0.461 e. The van der Waals surface area contributed by atoms with Crippen molar-refractivity contribution >= 4 is 5.69 Å². The molecule has 26 heavy (non-hydrogen) atoms. The summed E-state index contributed by atoms with van der Waals surface area (Å²) in [5.74, 6) is 2.17. The molecule has 2 aliphatic rings. The van der Waals surface area contributed by atoms with E-state index in [0.29, 0.717) is 6.04 Å². The second kappa shape index (κ2) is 6.05. The molecule has 1 fully saturated rings. The first-order chi connectivity index (χ1) is 12.7. The van der Waals surface area contributed by atoms with Crippen LogP contribution in [-0.2, 0) is 6.42 Å². The summed E-state index contributed by atoms with van der Waals surface area (Å²) in [5, 5.41) is 0. The van der Waals surface area contributed by atoms with Gasteiger partial charge in [-0.1, -0.05) is 48.0 Å². The van der Waals surface area contributed by atoms with Crippen LogP contribution >= 0.6 is 0 Å². The van der Waals surface area contributed by atoms with Crippen LogP contribution in [0.2, 0.25) is 0 Å². The Kier molecular flexibility index (Phi) is 3.66. The molecule has 2 heteroatoms. The highest BCUT2D eigenvalue weighted by Gasteiger charge is 2.35. The zero-order valence-electron chi connectivity index (χ0n) is 15.6. The Morgan fingerprint density at radius 2 is 1.77 bits per heavy atom. The monoisotopic (exact) mass is 343 g/mol. The van der Waals surface area contributed by atoms with E-state index in [1.165, 1.54) is 52.8 Å². The van der Waals surface area contributed by atoms with Gasteiger partial charge in [-0.25, -0.2) is 0 Å². The van der Waals surface area contributed by atoms with Crippen LogP contribution in [0.5, 0.6) is 0 Å². The molecule has 5 rings (SSSR count). The van der Waals surface area contributed by atoms with Crippen molar-refractivity contribution < 1.29 is 4.42 Å². The molecule has 2 nitrogen and oxygen atoms in total. The van der Waals surface area contributed by atoms with Gasteiger partial charge in [-0.3, -0.25) is 0 Å². The van der Waals surface area contributed by atoms with Crippen LogP contribution < -0.4 is 4.90 Å². The molecule has 1 saturated heterocycles. The molecule has 0 radical (unpaired) electrons. The zero-order valence-corrected chi connectivity index (χ0v) is 15.6. The molecule has 2 aromatic carbocycles. The molecule has 1 aromatic heterocycles. The summed E-state index contributed by atoms with van der Waals surface area (Å²) < 4.78 is 6.39. The fourth-order valence-electron chi connectivity index (χ4n) is 4.74. The van der Waals surface area contributed by atoms with E-state index in [1.807, 2.05) is 0 Å². The number of furan rings is 1. The van der Waals surface area contributed by atoms with Crippen LogP contribution in [0.1, 0.15) is 53.3 Å². The summed E-state index contributed by atoms with van der Waals surface area (Å²) in [4.78, 5) is 2.64. The predicted octanol–water partition coefficient (Wildman–Crippen LogP) is 6.20. The molecule has 3 heterocycles. The van der Waals surface area contributed by atoms with Crippen molar-refractivity contribution in [3.63, 3.8) is 0 Å². The van der Waals surface area contributed by atoms with E-state index < -0.39 is 0 Å². The van der Waals surface area contributed by atoms with Crippen molar-refractivity contribution in [1.82, 2.24) is 0 Å². The summed E-state index contributed by atoms with van der Waals surface area (Å²) in [6, 6.07) is 18.1. The van der Waals surface area contributed by atoms with E-state index >= 15 is 0 Å². The van der Waals surface area contributed by atoms with Gasteiger partial charge in [0.05, 0.1) is 6.04 Å². The maximum atomic E-state index is 6.39. The lowest BCUT2D eigenvalue weighted by molar-refractivity contribution is 0.469. The van der Waals surface area contributed by atoms with Crippen molar-refractivity contribution in [2.75, 3.05) is 11.4 Å². The first-order valence-corrected chi connectivity index (χ1v) is 9.76.